The van der Waals surface area contributed by atoms with E-state index in [2.05, 4.69) is 20.3 Å². The molecule has 0 bridgehead atoms. The lowest BCUT2D eigenvalue weighted by Crippen LogP contribution is -2.36. The molecule has 10 heteroatoms. The lowest BCUT2D eigenvalue weighted by atomic mass is 9.91. The number of likely N-dealkylation sites (tertiary alicyclic amines) is 1. The van der Waals surface area contributed by atoms with Crippen LogP contribution in [0.2, 0.25) is 0 Å². The van der Waals surface area contributed by atoms with E-state index in [-0.39, 0.29) is 5.91 Å². The second kappa shape index (κ2) is 8.38. The molecule has 1 aliphatic heterocycles. The van der Waals surface area contributed by atoms with Gasteiger partial charge in [-0.1, -0.05) is 18.2 Å². The number of hydrogen-bond acceptors (Lipinski definition) is 8. The number of imidazole rings is 1. The van der Waals surface area contributed by atoms with E-state index in [0.717, 1.165) is 22.0 Å². The Morgan fingerprint density at radius 3 is 2.82 bits per heavy atom. The van der Waals surface area contributed by atoms with Crippen LogP contribution in [0.4, 0.5) is 5.95 Å². The first kappa shape index (κ1) is 21.2. The third-order valence-electron chi connectivity index (χ3n) is 5.70. The fourth-order valence-electron chi connectivity index (χ4n) is 3.87. The Kier molecular flexibility index (Phi) is 5.39. The van der Waals surface area contributed by atoms with Crippen LogP contribution < -0.4 is 5.32 Å². The minimum Gasteiger partial charge on any atom is -0.375 e. The molecule has 1 aromatic carbocycles. The predicted molar refractivity (Wildman–Crippen MR) is 125 cm³/mol. The van der Waals surface area contributed by atoms with Crippen molar-refractivity contribution in [2.45, 2.75) is 18.6 Å². The summed E-state index contributed by atoms with van der Waals surface area (Å²) in [5, 5.41) is 16.9. The summed E-state index contributed by atoms with van der Waals surface area (Å²) in [7, 11) is 3.63. The van der Waals surface area contributed by atoms with Gasteiger partial charge in [-0.2, -0.15) is 0 Å². The fraction of sp³-hybridized carbons (Fsp3) is 0.261. The van der Waals surface area contributed by atoms with Crippen LogP contribution in [0.3, 0.4) is 0 Å². The number of nitrogens with zero attached hydrogens (tertiary/aromatic N) is 6. The number of carbonyl (C=O) groups excluding carboxylic acids is 1. The molecule has 9 nitrogen and oxygen atoms in total. The maximum Gasteiger partial charge on any atom is 0.258 e. The van der Waals surface area contributed by atoms with Gasteiger partial charge in [-0.15, -0.1) is 11.3 Å². The van der Waals surface area contributed by atoms with Crippen molar-refractivity contribution in [3.05, 3.63) is 65.7 Å². The van der Waals surface area contributed by atoms with Gasteiger partial charge in [-0.05, 0) is 17.7 Å². The zero-order valence-electron chi connectivity index (χ0n) is 18.3. The van der Waals surface area contributed by atoms with Crippen LogP contribution in [0.5, 0.6) is 0 Å². The molecule has 1 fully saturated rings. The van der Waals surface area contributed by atoms with Gasteiger partial charge in [0.05, 0.1) is 24.3 Å². The first-order valence-corrected chi connectivity index (χ1v) is 11.4. The molecular weight excluding hydrogens is 438 g/mol. The number of benzene rings is 1. The van der Waals surface area contributed by atoms with Crippen LogP contribution in [0, 0.1) is 0 Å². The first-order valence-electron chi connectivity index (χ1n) is 10.5. The van der Waals surface area contributed by atoms with Gasteiger partial charge in [0.1, 0.15) is 10.7 Å². The highest BCUT2D eigenvalue weighted by atomic mass is 32.1. The third kappa shape index (κ3) is 4.10. The number of carbonyl (C=O) groups is 1. The minimum absolute atomic E-state index is 0.272. The Hall–Kier alpha value is -3.63. The third-order valence-corrected chi connectivity index (χ3v) is 6.60. The number of nitrogens with one attached hydrogen (secondary N) is 1. The maximum absolute atomic E-state index is 12.5. The average Bonchev–Trinajstić information content (AvgIpc) is 3.55. The number of hydrogen-bond donors (Lipinski definition) is 2. The van der Waals surface area contributed by atoms with Gasteiger partial charge < -0.3 is 19.9 Å². The SMILES string of the molecule is CN1CCC(O)(c2cccc(-c3nc(-c4ccnc(NCc5cn(C)cn5)n4)cs3)c2)C1=O. The molecule has 3 aromatic heterocycles. The van der Waals surface area contributed by atoms with Gasteiger partial charge in [-0.25, -0.2) is 19.9 Å². The standard InChI is InChI=1S/C23H23N7O2S/c1-29-12-17(26-14-29)11-25-22-24-8-6-18(28-22)19-13-33-20(27-19)15-4-3-5-16(10-15)23(32)7-9-30(2)21(23)31/h3-6,8,10,12-14,32H,7,9,11H2,1-2H3,(H,24,25,28). The van der Waals surface area contributed by atoms with Gasteiger partial charge in [0.15, 0.2) is 5.60 Å². The van der Waals surface area contributed by atoms with E-state index in [0.29, 0.717) is 36.7 Å². The number of anilines is 1. The number of thiazole rings is 1. The summed E-state index contributed by atoms with van der Waals surface area (Å²) in [6.45, 7) is 1.06. The van der Waals surface area contributed by atoms with E-state index in [1.54, 1.807) is 30.5 Å². The van der Waals surface area contributed by atoms with Crippen LogP contribution in [-0.2, 0) is 24.0 Å². The molecule has 4 heterocycles. The van der Waals surface area contributed by atoms with Crippen LogP contribution >= 0.6 is 11.3 Å². The highest BCUT2D eigenvalue weighted by Crippen LogP contribution is 2.36. The van der Waals surface area contributed by atoms with Gasteiger partial charge in [0.2, 0.25) is 5.95 Å². The molecule has 0 spiro atoms. The summed E-state index contributed by atoms with van der Waals surface area (Å²) in [6, 6.07) is 9.23. The van der Waals surface area contributed by atoms with Crippen LogP contribution in [-0.4, -0.2) is 54.0 Å². The van der Waals surface area contributed by atoms with E-state index >= 15 is 0 Å². The largest absolute Gasteiger partial charge is 0.375 e. The van der Waals surface area contributed by atoms with E-state index in [1.807, 2.05) is 47.5 Å². The van der Waals surface area contributed by atoms with Crippen molar-refractivity contribution in [1.82, 2.24) is 29.4 Å². The molecule has 1 saturated heterocycles. The van der Waals surface area contributed by atoms with Crippen molar-refractivity contribution < 1.29 is 9.90 Å². The predicted octanol–water partition coefficient (Wildman–Crippen LogP) is 2.66. The van der Waals surface area contributed by atoms with Crippen molar-refractivity contribution in [3.63, 3.8) is 0 Å². The summed E-state index contributed by atoms with van der Waals surface area (Å²) in [6.07, 6.45) is 5.76. The van der Waals surface area contributed by atoms with E-state index in [4.69, 9.17) is 4.98 Å². The van der Waals surface area contributed by atoms with Crippen LogP contribution in [0.1, 0.15) is 17.7 Å². The smallest absolute Gasteiger partial charge is 0.258 e. The number of likely N-dealkylation sites (N-methyl/N-ethyl adjacent to an activating group) is 1. The minimum atomic E-state index is -1.48. The molecule has 2 N–H and O–H groups in total. The Labute approximate surface area is 194 Å². The van der Waals surface area contributed by atoms with Gasteiger partial charge in [0, 0.05) is 50.4 Å². The molecule has 4 aromatic rings. The highest BCUT2D eigenvalue weighted by molar-refractivity contribution is 7.13. The number of rotatable bonds is 6. The normalized spacial score (nSPS) is 18.2. The molecule has 0 radical (unpaired) electrons. The number of aromatic nitrogens is 5. The van der Waals surface area contributed by atoms with Gasteiger partial charge >= 0.3 is 0 Å². The molecular formula is C23H23N7O2S. The summed E-state index contributed by atoms with van der Waals surface area (Å²) in [4.78, 5) is 31.9. The first-order chi connectivity index (χ1) is 15.9. The molecule has 1 unspecified atom stereocenters. The quantitative estimate of drug-likeness (QED) is 0.454. The summed E-state index contributed by atoms with van der Waals surface area (Å²) in [5.74, 6) is 0.229. The van der Waals surface area contributed by atoms with E-state index < -0.39 is 5.60 Å². The summed E-state index contributed by atoms with van der Waals surface area (Å²) >= 11 is 1.49. The summed E-state index contributed by atoms with van der Waals surface area (Å²) in [5.41, 5.74) is 2.30. The Bertz CT molecular complexity index is 1320. The molecule has 1 amide bonds. The van der Waals surface area contributed by atoms with E-state index in [9.17, 15) is 9.90 Å². The second-order valence-electron chi connectivity index (χ2n) is 8.11. The van der Waals surface area contributed by atoms with Crippen molar-refractivity contribution in [2.24, 2.45) is 7.05 Å². The molecule has 168 valence electrons. The molecule has 1 atom stereocenters. The van der Waals surface area contributed by atoms with Crippen LogP contribution in [0.15, 0.2) is 54.4 Å². The topological polar surface area (TPSA) is 109 Å². The van der Waals surface area contributed by atoms with Crippen molar-refractivity contribution in [1.29, 1.82) is 0 Å². The Morgan fingerprint density at radius 1 is 1.18 bits per heavy atom. The average molecular weight is 462 g/mol. The fourth-order valence-corrected chi connectivity index (χ4v) is 4.68. The number of aryl methyl sites for hydroxylation is 1. The van der Waals surface area contributed by atoms with E-state index in [1.165, 1.54) is 11.3 Å². The van der Waals surface area contributed by atoms with Crippen molar-refractivity contribution in [3.8, 4) is 22.0 Å². The molecule has 0 saturated carbocycles. The lowest BCUT2D eigenvalue weighted by Gasteiger charge is -2.21. The molecule has 1 aliphatic rings. The highest BCUT2D eigenvalue weighted by Gasteiger charge is 2.45. The Balaban J connectivity index is 1.36. The zero-order valence-corrected chi connectivity index (χ0v) is 19.1. The van der Waals surface area contributed by atoms with Gasteiger partial charge in [0.25, 0.3) is 5.91 Å². The van der Waals surface area contributed by atoms with Crippen molar-refractivity contribution >= 4 is 23.2 Å². The maximum atomic E-state index is 12.5. The second-order valence-corrected chi connectivity index (χ2v) is 8.96. The zero-order chi connectivity index (χ0) is 23.0. The van der Waals surface area contributed by atoms with Crippen molar-refractivity contribution in [2.75, 3.05) is 18.9 Å². The monoisotopic (exact) mass is 461 g/mol. The molecule has 5 rings (SSSR count). The number of aliphatic hydroxyl groups is 1. The molecule has 0 aliphatic carbocycles. The lowest BCUT2D eigenvalue weighted by molar-refractivity contribution is -0.143. The summed E-state index contributed by atoms with van der Waals surface area (Å²) < 4.78 is 1.89. The number of amides is 1. The van der Waals surface area contributed by atoms with Gasteiger partial charge in [-0.3, -0.25) is 4.79 Å². The Morgan fingerprint density at radius 2 is 2.06 bits per heavy atom. The molecule has 33 heavy (non-hydrogen) atoms. The van der Waals surface area contributed by atoms with Crippen LogP contribution in [0.25, 0.3) is 22.0 Å².